The summed E-state index contributed by atoms with van der Waals surface area (Å²) in [6, 6.07) is 4.87. The number of methoxy groups -OCH3 is 1. The molecule has 2 rings (SSSR count). The van der Waals surface area contributed by atoms with E-state index in [2.05, 4.69) is 0 Å². The standard InChI is InChI=1S/C20H28N2O6/c1-4-27-20(25)13-21-8-5-9-22(11-10-21)19(24)14-28-17-7-6-16(15(2)23)12-18(17)26-3/h6-7,12H,4-5,8-11,13-14H2,1-3H3. The monoisotopic (exact) mass is 392 g/mol. The van der Waals surface area contributed by atoms with Gasteiger partial charge >= 0.3 is 5.97 Å². The molecule has 1 heterocycles. The van der Waals surface area contributed by atoms with Crippen LogP contribution >= 0.6 is 0 Å². The van der Waals surface area contributed by atoms with Crippen LogP contribution in [-0.4, -0.2) is 80.5 Å². The number of Topliss-reactive ketones (excluding diaryl/α,β-unsaturated/α-hetero) is 1. The third-order valence-electron chi connectivity index (χ3n) is 4.52. The van der Waals surface area contributed by atoms with Gasteiger partial charge in [0.15, 0.2) is 23.9 Å². The molecule has 1 aromatic carbocycles. The second-order valence-electron chi connectivity index (χ2n) is 6.53. The number of amides is 1. The first-order valence-electron chi connectivity index (χ1n) is 9.42. The van der Waals surface area contributed by atoms with Crippen LogP contribution in [-0.2, 0) is 14.3 Å². The summed E-state index contributed by atoms with van der Waals surface area (Å²) in [7, 11) is 1.49. The zero-order valence-corrected chi connectivity index (χ0v) is 16.7. The number of hydrogen-bond donors (Lipinski definition) is 0. The van der Waals surface area contributed by atoms with Crippen LogP contribution in [0.2, 0.25) is 0 Å². The van der Waals surface area contributed by atoms with Crippen LogP contribution in [0.1, 0.15) is 30.6 Å². The molecular weight excluding hydrogens is 364 g/mol. The lowest BCUT2D eigenvalue weighted by molar-refractivity contribution is -0.144. The minimum absolute atomic E-state index is 0.0714. The first-order valence-corrected chi connectivity index (χ1v) is 9.42. The molecule has 1 aromatic rings. The molecule has 0 atom stereocenters. The molecule has 0 saturated carbocycles. The van der Waals surface area contributed by atoms with Crippen LogP contribution < -0.4 is 9.47 Å². The second-order valence-corrected chi connectivity index (χ2v) is 6.53. The van der Waals surface area contributed by atoms with E-state index < -0.39 is 0 Å². The van der Waals surface area contributed by atoms with Crippen molar-refractivity contribution < 1.29 is 28.6 Å². The van der Waals surface area contributed by atoms with E-state index in [4.69, 9.17) is 14.2 Å². The van der Waals surface area contributed by atoms with Gasteiger partial charge in [0.05, 0.1) is 20.3 Å². The Morgan fingerprint density at radius 3 is 2.54 bits per heavy atom. The minimum Gasteiger partial charge on any atom is -0.493 e. The van der Waals surface area contributed by atoms with Gasteiger partial charge in [-0.3, -0.25) is 19.3 Å². The summed E-state index contributed by atoms with van der Waals surface area (Å²) in [5, 5.41) is 0. The molecule has 1 fully saturated rings. The normalized spacial score (nSPS) is 14.9. The molecule has 0 N–H and O–H groups in total. The number of esters is 1. The Kier molecular flexibility index (Phi) is 8.25. The molecule has 1 saturated heterocycles. The van der Waals surface area contributed by atoms with Crippen LogP contribution in [0.3, 0.4) is 0 Å². The first kappa shape index (κ1) is 21.7. The summed E-state index contributed by atoms with van der Waals surface area (Å²) in [5.74, 6) is 0.386. The molecule has 0 aliphatic carbocycles. The lowest BCUT2D eigenvalue weighted by atomic mass is 10.1. The Hall–Kier alpha value is -2.61. The van der Waals surface area contributed by atoms with Gasteiger partial charge in [-0.05, 0) is 38.5 Å². The molecule has 0 spiro atoms. The average molecular weight is 392 g/mol. The molecule has 1 amide bonds. The van der Waals surface area contributed by atoms with E-state index in [-0.39, 0.29) is 30.8 Å². The minimum atomic E-state index is -0.244. The second kappa shape index (κ2) is 10.7. The fourth-order valence-electron chi connectivity index (χ4n) is 3.00. The highest BCUT2D eigenvalue weighted by molar-refractivity contribution is 5.94. The van der Waals surface area contributed by atoms with Gasteiger partial charge in [0.2, 0.25) is 0 Å². The van der Waals surface area contributed by atoms with E-state index in [1.165, 1.54) is 14.0 Å². The van der Waals surface area contributed by atoms with Gasteiger partial charge < -0.3 is 19.1 Å². The molecule has 0 unspecified atom stereocenters. The molecule has 0 radical (unpaired) electrons. The Morgan fingerprint density at radius 2 is 1.86 bits per heavy atom. The fraction of sp³-hybridized carbons (Fsp3) is 0.550. The van der Waals surface area contributed by atoms with Crippen molar-refractivity contribution in [3.8, 4) is 11.5 Å². The predicted octanol–water partition coefficient (Wildman–Crippen LogP) is 1.37. The molecule has 0 bridgehead atoms. The number of ketones is 1. The van der Waals surface area contributed by atoms with Gasteiger partial charge in [-0.15, -0.1) is 0 Å². The van der Waals surface area contributed by atoms with Crippen LogP contribution in [0, 0.1) is 0 Å². The van der Waals surface area contributed by atoms with E-state index >= 15 is 0 Å². The molecule has 1 aliphatic heterocycles. The lowest BCUT2D eigenvalue weighted by Gasteiger charge is -2.22. The third-order valence-corrected chi connectivity index (χ3v) is 4.52. The molecule has 154 valence electrons. The van der Waals surface area contributed by atoms with Gasteiger partial charge in [0.25, 0.3) is 5.91 Å². The van der Waals surface area contributed by atoms with Gasteiger partial charge in [-0.2, -0.15) is 0 Å². The van der Waals surface area contributed by atoms with E-state index in [1.807, 2.05) is 4.90 Å². The molecule has 8 nitrogen and oxygen atoms in total. The number of carbonyl (C=O) groups is 3. The number of rotatable bonds is 8. The van der Waals surface area contributed by atoms with E-state index in [1.54, 1.807) is 30.0 Å². The highest BCUT2D eigenvalue weighted by Gasteiger charge is 2.21. The summed E-state index contributed by atoms with van der Waals surface area (Å²) in [6.45, 7) is 6.24. The highest BCUT2D eigenvalue weighted by atomic mass is 16.5. The number of hydrogen-bond acceptors (Lipinski definition) is 7. The van der Waals surface area contributed by atoms with Crippen molar-refractivity contribution in [1.82, 2.24) is 9.80 Å². The summed E-state index contributed by atoms with van der Waals surface area (Å²) in [6.07, 6.45) is 0.780. The maximum Gasteiger partial charge on any atom is 0.320 e. The first-order chi connectivity index (χ1) is 13.4. The fourth-order valence-corrected chi connectivity index (χ4v) is 3.00. The number of benzene rings is 1. The average Bonchev–Trinajstić information content (AvgIpc) is 2.91. The zero-order chi connectivity index (χ0) is 20.5. The zero-order valence-electron chi connectivity index (χ0n) is 16.7. The van der Waals surface area contributed by atoms with Crippen LogP contribution in [0.15, 0.2) is 18.2 Å². The van der Waals surface area contributed by atoms with Gasteiger partial charge in [-0.25, -0.2) is 0 Å². The van der Waals surface area contributed by atoms with Crippen LogP contribution in [0.25, 0.3) is 0 Å². The maximum absolute atomic E-state index is 12.5. The number of ether oxygens (including phenoxy) is 3. The van der Waals surface area contributed by atoms with Crippen molar-refractivity contribution in [2.75, 3.05) is 53.0 Å². The Balaban J connectivity index is 1.88. The summed E-state index contributed by atoms with van der Waals surface area (Å²) >= 11 is 0. The van der Waals surface area contributed by atoms with E-state index in [0.717, 1.165) is 13.0 Å². The topological polar surface area (TPSA) is 85.4 Å². The quantitative estimate of drug-likeness (QED) is 0.488. The molecule has 8 heteroatoms. The Morgan fingerprint density at radius 1 is 1.07 bits per heavy atom. The van der Waals surface area contributed by atoms with Gasteiger partial charge in [0, 0.05) is 31.7 Å². The highest BCUT2D eigenvalue weighted by Crippen LogP contribution is 2.28. The smallest absolute Gasteiger partial charge is 0.320 e. The summed E-state index contributed by atoms with van der Waals surface area (Å²) in [5.41, 5.74) is 0.518. The Labute approximate surface area is 165 Å². The largest absolute Gasteiger partial charge is 0.493 e. The molecule has 1 aliphatic rings. The van der Waals surface area contributed by atoms with Gasteiger partial charge in [0.1, 0.15) is 0 Å². The van der Waals surface area contributed by atoms with E-state index in [0.29, 0.717) is 43.3 Å². The van der Waals surface area contributed by atoms with Crippen molar-refractivity contribution in [2.45, 2.75) is 20.3 Å². The van der Waals surface area contributed by atoms with Crippen molar-refractivity contribution >= 4 is 17.7 Å². The van der Waals surface area contributed by atoms with Crippen LogP contribution in [0.5, 0.6) is 11.5 Å². The molecular formula is C20H28N2O6. The third kappa shape index (κ3) is 6.23. The van der Waals surface area contributed by atoms with Crippen LogP contribution in [0.4, 0.5) is 0 Å². The van der Waals surface area contributed by atoms with E-state index in [9.17, 15) is 14.4 Å². The van der Waals surface area contributed by atoms with Crippen molar-refractivity contribution in [3.63, 3.8) is 0 Å². The SMILES string of the molecule is CCOC(=O)CN1CCCN(C(=O)COc2ccc(C(C)=O)cc2OC)CC1. The Bertz CT molecular complexity index is 706. The summed E-state index contributed by atoms with van der Waals surface area (Å²) in [4.78, 5) is 39.4. The molecule has 28 heavy (non-hydrogen) atoms. The summed E-state index contributed by atoms with van der Waals surface area (Å²) < 4.78 is 15.9. The van der Waals surface area contributed by atoms with Crippen molar-refractivity contribution in [1.29, 1.82) is 0 Å². The number of carbonyl (C=O) groups excluding carboxylic acids is 3. The van der Waals surface area contributed by atoms with Gasteiger partial charge in [-0.1, -0.05) is 0 Å². The van der Waals surface area contributed by atoms with Crippen molar-refractivity contribution in [3.05, 3.63) is 23.8 Å². The molecule has 0 aromatic heterocycles. The predicted molar refractivity (Wildman–Crippen MR) is 103 cm³/mol. The van der Waals surface area contributed by atoms with Crippen molar-refractivity contribution in [2.24, 2.45) is 0 Å². The number of nitrogens with zero attached hydrogens (tertiary/aromatic N) is 2. The lowest BCUT2D eigenvalue weighted by Crippen LogP contribution is -2.39. The maximum atomic E-state index is 12.5.